The van der Waals surface area contributed by atoms with Gasteiger partial charge in [0.1, 0.15) is 0 Å². The van der Waals surface area contributed by atoms with E-state index in [4.69, 9.17) is 5.11 Å². The van der Waals surface area contributed by atoms with Gasteiger partial charge in [-0.2, -0.15) is 0 Å². The summed E-state index contributed by atoms with van der Waals surface area (Å²) in [7, 11) is 0. The van der Waals surface area contributed by atoms with Crippen molar-refractivity contribution in [1.29, 1.82) is 0 Å². The van der Waals surface area contributed by atoms with Crippen LogP contribution in [0.5, 0.6) is 0 Å². The molecule has 1 heterocycles. The monoisotopic (exact) mass is 211 g/mol. The van der Waals surface area contributed by atoms with Crippen LogP contribution in [-0.4, -0.2) is 16.1 Å². The SMILES string of the molecule is O=C(O)c1c[nH]c2ccc3ccccc3c12. The van der Waals surface area contributed by atoms with Crippen molar-refractivity contribution in [3.63, 3.8) is 0 Å². The average molecular weight is 211 g/mol. The standard InChI is InChI=1S/C13H9NO2/c15-13(16)10-7-14-11-6-5-8-3-1-2-4-9(8)12(10)11/h1-7,14H,(H,15,16). The van der Waals surface area contributed by atoms with Gasteiger partial charge in [-0.1, -0.05) is 30.3 Å². The molecule has 16 heavy (non-hydrogen) atoms. The van der Waals surface area contributed by atoms with Crippen molar-refractivity contribution in [2.45, 2.75) is 0 Å². The largest absolute Gasteiger partial charge is 0.478 e. The summed E-state index contributed by atoms with van der Waals surface area (Å²) in [5.74, 6) is -0.900. The second-order valence-corrected chi connectivity index (χ2v) is 3.72. The third kappa shape index (κ3) is 1.11. The van der Waals surface area contributed by atoms with Crippen molar-refractivity contribution >= 4 is 27.6 Å². The first-order valence-corrected chi connectivity index (χ1v) is 4.99. The van der Waals surface area contributed by atoms with Crippen LogP contribution < -0.4 is 0 Å². The number of fused-ring (bicyclic) bond motifs is 3. The summed E-state index contributed by atoms with van der Waals surface area (Å²) in [6.45, 7) is 0. The molecular weight excluding hydrogens is 202 g/mol. The summed E-state index contributed by atoms with van der Waals surface area (Å²) in [4.78, 5) is 14.1. The molecule has 0 radical (unpaired) electrons. The molecule has 3 nitrogen and oxygen atoms in total. The van der Waals surface area contributed by atoms with Crippen LogP contribution in [0.25, 0.3) is 21.7 Å². The average Bonchev–Trinajstić information content (AvgIpc) is 2.73. The number of hydrogen-bond acceptors (Lipinski definition) is 1. The number of carboxylic acids is 1. The van der Waals surface area contributed by atoms with E-state index >= 15 is 0 Å². The Bertz CT molecular complexity index is 697. The molecule has 0 aliphatic rings. The minimum atomic E-state index is -0.900. The first kappa shape index (κ1) is 8.97. The molecule has 0 atom stereocenters. The molecule has 0 saturated carbocycles. The molecule has 1 aromatic heterocycles. The highest BCUT2D eigenvalue weighted by atomic mass is 16.4. The van der Waals surface area contributed by atoms with E-state index in [1.807, 2.05) is 36.4 Å². The van der Waals surface area contributed by atoms with E-state index in [0.717, 1.165) is 21.7 Å². The fraction of sp³-hybridized carbons (Fsp3) is 0. The van der Waals surface area contributed by atoms with Gasteiger partial charge in [-0.25, -0.2) is 4.79 Å². The number of nitrogens with one attached hydrogen (secondary N) is 1. The van der Waals surface area contributed by atoms with Crippen LogP contribution in [0, 0.1) is 0 Å². The Kier molecular flexibility index (Phi) is 1.74. The fourth-order valence-corrected chi connectivity index (χ4v) is 2.07. The normalized spacial score (nSPS) is 11.0. The molecule has 3 heteroatoms. The highest BCUT2D eigenvalue weighted by Crippen LogP contribution is 2.27. The van der Waals surface area contributed by atoms with E-state index in [2.05, 4.69) is 4.98 Å². The molecule has 0 aliphatic carbocycles. The Morgan fingerprint density at radius 1 is 1.12 bits per heavy atom. The second-order valence-electron chi connectivity index (χ2n) is 3.72. The van der Waals surface area contributed by atoms with E-state index in [0.29, 0.717) is 5.56 Å². The molecule has 78 valence electrons. The highest BCUT2D eigenvalue weighted by Gasteiger charge is 2.12. The third-order valence-electron chi connectivity index (χ3n) is 2.80. The fourth-order valence-electron chi connectivity index (χ4n) is 2.07. The van der Waals surface area contributed by atoms with E-state index in [9.17, 15) is 4.79 Å². The number of carboxylic acid groups (broad SMARTS) is 1. The highest BCUT2D eigenvalue weighted by molar-refractivity contribution is 6.15. The van der Waals surface area contributed by atoms with Gasteiger partial charge in [-0.15, -0.1) is 0 Å². The summed E-state index contributed by atoms with van der Waals surface area (Å²) in [5, 5.41) is 11.9. The van der Waals surface area contributed by atoms with Crippen LogP contribution in [0.15, 0.2) is 42.6 Å². The van der Waals surface area contributed by atoms with Crippen LogP contribution >= 0.6 is 0 Å². The summed E-state index contributed by atoms with van der Waals surface area (Å²) in [6, 6.07) is 11.7. The Morgan fingerprint density at radius 3 is 2.75 bits per heavy atom. The molecule has 2 N–H and O–H groups in total. The van der Waals surface area contributed by atoms with Gasteiger partial charge in [0.2, 0.25) is 0 Å². The van der Waals surface area contributed by atoms with Crippen molar-refractivity contribution in [2.24, 2.45) is 0 Å². The van der Waals surface area contributed by atoms with Crippen LogP contribution in [0.3, 0.4) is 0 Å². The summed E-state index contributed by atoms with van der Waals surface area (Å²) < 4.78 is 0. The summed E-state index contributed by atoms with van der Waals surface area (Å²) >= 11 is 0. The van der Waals surface area contributed by atoms with Crippen LogP contribution in [0.4, 0.5) is 0 Å². The van der Waals surface area contributed by atoms with Gasteiger partial charge >= 0.3 is 5.97 Å². The number of rotatable bonds is 1. The number of benzene rings is 2. The van der Waals surface area contributed by atoms with E-state index in [-0.39, 0.29) is 0 Å². The zero-order chi connectivity index (χ0) is 11.1. The molecule has 0 aliphatic heterocycles. The lowest BCUT2D eigenvalue weighted by Crippen LogP contribution is -1.93. The molecule has 0 saturated heterocycles. The molecule has 0 amide bonds. The van der Waals surface area contributed by atoms with Gasteiger partial charge in [0.15, 0.2) is 0 Å². The van der Waals surface area contributed by atoms with Crippen molar-refractivity contribution in [1.82, 2.24) is 4.98 Å². The lowest BCUT2D eigenvalue weighted by Gasteiger charge is -2.00. The maximum Gasteiger partial charge on any atom is 0.337 e. The third-order valence-corrected chi connectivity index (χ3v) is 2.80. The Balaban J connectivity index is 2.56. The Morgan fingerprint density at radius 2 is 1.94 bits per heavy atom. The van der Waals surface area contributed by atoms with E-state index < -0.39 is 5.97 Å². The summed E-state index contributed by atoms with van der Waals surface area (Å²) in [5.41, 5.74) is 1.18. The van der Waals surface area contributed by atoms with Crippen molar-refractivity contribution in [2.75, 3.05) is 0 Å². The van der Waals surface area contributed by atoms with Gasteiger partial charge in [0.05, 0.1) is 5.56 Å². The number of carbonyl (C=O) groups is 1. The first-order chi connectivity index (χ1) is 7.77. The maximum atomic E-state index is 11.1. The van der Waals surface area contributed by atoms with Crippen LogP contribution in [-0.2, 0) is 0 Å². The lowest BCUT2D eigenvalue weighted by molar-refractivity contribution is 0.0699. The Hall–Kier alpha value is -2.29. The van der Waals surface area contributed by atoms with Gasteiger partial charge in [0.25, 0.3) is 0 Å². The zero-order valence-electron chi connectivity index (χ0n) is 8.40. The minimum Gasteiger partial charge on any atom is -0.478 e. The van der Waals surface area contributed by atoms with Crippen LogP contribution in [0.1, 0.15) is 10.4 Å². The number of hydrogen-bond donors (Lipinski definition) is 2. The zero-order valence-corrected chi connectivity index (χ0v) is 8.40. The van der Waals surface area contributed by atoms with Gasteiger partial charge in [-0.05, 0) is 16.8 Å². The van der Waals surface area contributed by atoms with Crippen molar-refractivity contribution in [3.05, 3.63) is 48.2 Å². The number of H-pyrrole nitrogens is 1. The topological polar surface area (TPSA) is 53.1 Å². The molecule has 0 spiro atoms. The quantitative estimate of drug-likeness (QED) is 0.650. The molecule has 0 fully saturated rings. The molecular formula is C13H9NO2. The van der Waals surface area contributed by atoms with E-state index in [1.54, 1.807) is 6.20 Å². The summed E-state index contributed by atoms with van der Waals surface area (Å²) in [6.07, 6.45) is 1.54. The predicted octanol–water partition coefficient (Wildman–Crippen LogP) is 3.02. The molecule has 3 rings (SSSR count). The molecule has 0 bridgehead atoms. The molecule has 2 aromatic carbocycles. The van der Waals surface area contributed by atoms with Gasteiger partial charge in [-0.3, -0.25) is 0 Å². The first-order valence-electron chi connectivity index (χ1n) is 4.99. The van der Waals surface area contributed by atoms with Gasteiger partial charge in [0, 0.05) is 17.1 Å². The minimum absolute atomic E-state index is 0.326. The van der Waals surface area contributed by atoms with Gasteiger partial charge < -0.3 is 10.1 Å². The second kappa shape index (κ2) is 3.10. The Labute approximate surface area is 91.3 Å². The molecule has 3 aromatic rings. The molecule has 0 unspecified atom stereocenters. The number of aromatic nitrogens is 1. The number of aromatic amines is 1. The van der Waals surface area contributed by atoms with E-state index in [1.165, 1.54) is 0 Å². The predicted molar refractivity (Wildman–Crippen MR) is 62.8 cm³/mol. The van der Waals surface area contributed by atoms with Crippen molar-refractivity contribution in [3.8, 4) is 0 Å². The van der Waals surface area contributed by atoms with Crippen LogP contribution in [0.2, 0.25) is 0 Å². The lowest BCUT2D eigenvalue weighted by atomic mass is 10.0. The van der Waals surface area contributed by atoms with Crippen molar-refractivity contribution < 1.29 is 9.90 Å². The number of aromatic carboxylic acids is 1. The maximum absolute atomic E-state index is 11.1. The smallest absolute Gasteiger partial charge is 0.337 e.